The average molecular weight is 325 g/mol. The van der Waals surface area contributed by atoms with Gasteiger partial charge in [-0.3, -0.25) is 4.79 Å². The second kappa shape index (κ2) is 6.65. The SMILES string of the molecule is COc1cccc(CCC(=O)N2CCC(C)(O)c3ccccc32)c1. The molecule has 4 heteroatoms. The molecule has 1 aliphatic heterocycles. The number of anilines is 1. The summed E-state index contributed by atoms with van der Waals surface area (Å²) in [6, 6.07) is 15.4. The van der Waals surface area contributed by atoms with E-state index in [0.29, 0.717) is 25.8 Å². The Kier molecular flexibility index (Phi) is 4.58. The summed E-state index contributed by atoms with van der Waals surface area (Å²) in [6.45, 7) is 2.35. The Morgan fingerprint density at radius 1 is 1.25 bits per heavy atom. The molecule has 0 aromatic heterocycles. The highest BCUT2D eigenvalue weighted by Gasteiger charge is 2.34. The number of ether oxygens (including phenoxy) is 1. The average Bonchev–Trinajstić information content (AvgIpc) is 2.60. The number of carbonyl (C=O) groups excluding carboxylic acids is 1. The van der Waals surface area contributed by atoms with Crippen molar-refractivity contribution in [2.75, 3.05) is 18.6 Å². The van der Waals surface area contributed by atoms with E-state index in [1.165, 1.54) is 0 Å². The Morgan fingerprint density at radius 3 is 2.83 bits per heavy atom. The van der Waals surface area contributed by atoms with Crippen LogP contribution in [0.2, 0.25) is 0 Å². The summed E-state index contributed by atoms with van der Waals surface area (Å²) in [7, 11) is 1.64. The van der Waals surface area contributed by atoms with Crippen molar-refractivity contribution in [2.24, 2.45) is 0 Å². The number of carbonyl (C=O) groups is 1. The largest absolute Gasteiger partial charge is 0.497 e. The molecule has 1 aliphatic rings. The van der Waals surface area contributed by atoms with Gasteiger partial charge in [-0.15, -0.1) is 0 Å². The van der Waals surface area contributed by atoms with Crippen LogP contribution in [0.5, 0.6) is 5.75 Å². The molecule has 0 aliphatic carbocycles. The van der Waals surface area contributed by atoms with Gasteiger partial charge in [0.25, 0.3) is 0 Å². The number of rotatable bonds is 4. The topological polar surface area (TPSA) is 49.8 Å². The molecular weight excluding hydrogens is 302 g/mol. The predicted octanol–water partition coefficient (Wildman–Crippen LogP) is 3.27. The number of amides is 1. The van der Waals surface area contributed by atoms with Gasteiger partial charge in [-0.1, -0.05) is 30.3 Å². The minimum Gasteiger partial charge on any atom is -0.497 e. The van der Waals surface area contributed by atoms with Crippen molar-refractivity contribution >= 4 is 11.6 Å². The van der Waals surface area contributed by atoms with Gasteiger partial charge in [0.1, 0.15) is 5.75 Å². The molecule has 1 N–H and O–H groups in total. The molecule has 0 saturated heterocycles. The molecule has 1 heterocycles. The number of methoxy groups -OCH3 is 1. The molecule has 0 fully saturated rings. The molecule has 1 unspecified atom stereocenters. The van der Waals surface area contributed by atoms with Gasteiger partial charge in [-0.2, -0.15) is 0 Å². The van der Waals surface area contributed by atoms with Gasteiger partial charge in [-0.25, -0.2) is 0 Å². The summed E-state index contributed by atoms with van der Waals surface area (Å²) in [4.78, 5) is 14.5. The number of aryl methyl sites for hydroxylation is 1. The number of hydrogen-bond donors (Lipinski definition) is 1. The highest BCUT2D eigenvalue weighted by molar-refractivity contribution is 5.95. The molecule has 24 heavy (non-hydrogen) atoms. The molecule has 3 rings (SSSR count). The maximum Gasteiger partial charge on any atom is 0.227 e. The molecule has 0 spiro atoms. The summed E-state index contributed by atoms with van der Waals surface area (Å²) in [5.41, 5.74) is 1.86. The Morgan fingerprint density at radius 2 is 2.04 bits per heavy atom. The first-order valence-electron chi connectivity index (χ1n) is 8.26. The van der Waals surface area contributed by atoms with E-state index in [2.05, 4.69) is 0 Å². The van der Waals surface area contributed by atoms with E-state index < -0.39 is 5.60 Å². The fraction of sp³-hybridized carbons (Fsp3) is 0.350. The maximum atomic E-state index is 12.7. The van der Waals surface area contributed by atoms with E-state index in [-0.39, 0.29) is 5.91 Å². The van der Waals surface area contributed by atoms with Gasteiger partial charge < -0.3 is 14.7 Å². The Balaban J connectivity index is 1.74. The van der Waals surface area contributed by atoms with E-state index in [0.717, 1.165) is 22.6 Å². The first kappa shape index (κ1) is 16.5. The van der Waals surface area contributed by atoms with Gasteiger partial charge in [0.2, 0.25) is 5.91 Å². The van der Waals surface area contributed by atoms with Crippen LogP contribution in [0, 0.1) is 0 Å². The molecule has 0 bridgehead atoms. The second-order valence-corrected chi connectivity index (χ2v) is 6.44. The van der Waals surface area contributed by atoms with Crippen molar-refractivity contribution in [1.82, 2.24) is 0 Å². The zero-order chi connectivity index (χ0) is 17.2. The third-order valence-corrected chi connectivity index (χ3v) is 4.66. The van der Waals surface area contributed by atoms with Crippen LogP contribution >= 0.6 is 0 Å². The Hall–Kier alpha value is -2.33. The third kappa shape index (κ3) is 3.29. The lowest BCUT2D eigenvalue weighted by Gasteiger charge is -2.38. The molecule has 2 aromatic carbocycles. The Bertz CT molecular complexity index is 739. The zero-order valence-electron chi connectivity index (χ0n) is 14.2. The van der Waals surface area contributed by atoms with Crippen molar-refractivity contribution in [3.05, 3.63) is 59.7 Å². The number of para-hydroxylation sites is 1. The van der Waals surface area contributed by atoms with Crippen LogP contribution in [0.15, 0.2) is 48.5 Å². The lowest BCUT2D eigenvalue weighted by atomic mass is 9.87. The quantitative estimate of drug-likeness (QED) is 0.938. The summed E-state index contributed by atoms with van der Waals surface area (Å²) < 4.78 is 5.22. The van der Waals surface area contributed by atoms with Crippen LogP contribution in [0.1, 0.15) is 30.9 Å². The highest BCUT2D eigenvalue weighted by atomic mass is 16.5. The number of hydrogen-bond acceptors (Lipinski definition) is 3. The van der Waals surface area contributed by atoms with Crippen molar-refractivity contribution < 1.29 is 14.6 Å². The van der Waals surface area contributed by atoms with Crippen LogP contribution in [0.25, 0.3) is 0 Å². The van der Waals surface area contributed by atoms with Crippen LogP contribution in [0.4, 0.5) is 5.69 Å². The highest BCUT2D eigenvalue weighted by Crippen LogP contribution is 2.38. The molecule has 2 aromatic rings. The molecule has 0 saturated carbocycles. The number of nitrogens with zero attached hydrogens (tertiary/aromatic N) is 1. The minimum absolute atomic E-state index is 0.0840. The first-order valence-corrected chi connectivity index (χ1v) is 8.26. The maximum absolute atomic E-state index is 12.7. The van der Waals surface area contributed by atoms with Gasteiger partial charge in [0, 0.05) is 24.2 Å². The third-order valence-electron chi connectivity index (χ3n) is 4.66. The van der Waals surface area contributed by atoms with E-state index in [1.807, 2.05) is 55.5 Å². The van der Waals surface area contributed by atoms with Crippen LogP contribution < -0.4 is 9.64 Å². The van der Waals surface area contributed by atoms with Crippen molar-refractivity contribution in [1.29, 1.82) is 0 Å². The smallest absolute Gasteiger partial charge is 0.227 e. The van der Waals surface area contributed by atoms with Crippen LogP contribution in [0.3, 0.4) is 0 Å². The summed E-state index contributed by atoms with van der Waals surface area (Å²) in [6.07, 6.45) is 1.66. The lowest BCUT2D eigenvalue weighted by Crippen LogP contribution is -2.42. The summed E-state index contributed by atoms with van der Waals surface area (Å²) >= 11 is 0. The molecule has 0 radical (unpaired) electrons. The van der Waals surface area contributed by atoms with E-state index in [1.54, 1.807) is 12.0 Å². The summed E-state index contributed by atoms with van der Waals surface area (Å²) in [5, 5.41) is 10.5. The Labute approximate surface area is 142 Å². The second-order valence-electron chi connectivity index (χ2n) is 6.44. The van der Waals surface area contributed by atoms with E-state index in [9.17, 15) is 9.90 Å². The number of fused-ring (bicyclic) bond motifs is 1. The number of aliphatic hydroxyl groups is 1. The fourth-order valence-corrected chi connectivity index (χ4v) is 3.22. The van der Waals surface area contributed by atoms with Crippen molar-refractivity contribution in [2.45, 2.75) is 31.8 Å². The summed E-state index contributed by atoms with van der Waals surface area (Å²) in [5.74, 6) is 0.889. The van der Waals surface area contributed by atoms with Crippen molar-refractivity contribution in [3.8, 4) is 5.75 Å². The normalized spacial score (nSPS) is 19.7. The van der Waals surface area contributed by atoms with Gasteiger partial charge >= 0.3 is 0 Å². The minimum atomic E-state index is -0.875. The van der Waals surface area contributed by atoms with Gasteiger partial charge in [0.05, 0.1) is 12.7 Å². The monoisotopic (exact) mass is 325 g/mol. The van der Waals surface area contributed by atoms with Gasteiger partial charge in [0.15, 0.2) is 0 Å². The number of benzene rings is 2. The zero-order valence-corrected chi connectivity index (χ0v) is 14.2. The molecule has 4 nitrogen and oxygen atoms in total. The van der Waals surface area contributed by atoms with Crippen LogP contribution in [-0.2, 0) is 16.8 Å². The molecule has 1 atom stereocenters. The lowest BCUT2D eigenvalue weighted by molar-refractivity contribution is -0.119. The van der Waals surface area contributed by atoms with E-state index >= 15 is 0 Å². The van der Waals surface area contributed by atoms with Gasteiger partial charge in [-0.05, 0) is 43.5 Å². The molecule has 1 amide bonds. The fourth-order valence-electron chi connectivity index (χ4n) is 3.22. The van der Waals surface area contributed by atoms with Crippen molar-refractivity contribution in [3.63, 3.8) is 0 Å². The molecule has 126 valence electrons. The standard InChI is InChI=1S/C20H23NO3/c1-20(23)12-13-21(18-9-4-3-8-17(18)20)19(22)11-10-15-6-5-7-16(14-15)24-2/h3-9,14,23H,10-13H2,1-2H3. The van der Waals surface area contributed by atoms with E-state index in [4.69, 9.17) is 4.74 Å². The predicted molar refractivity (Wildman–Crippen MR) is 94.3 cm³/mol. The first-order chi connectivity index (χ1) is 11.5. The van der Waals surface area contributed by atoms with Crippen LogP contribution in [-0.4, -0.2) is 24.7 Å². The molecular formula is C20H23NO3.